The highest BCUT2D eigenvalue weighted by Gasteiger charge is 2.41. The van der Waals surface area contributed by atoms with Gasteiger partial charge in [-0.1, -0.05) is 0 Å². The van der Waals surface area contributed by atoms with Crippen molar-refractivity contribution in [3.8, 4) is 0 Å². The molecule has 37 nitrogen and oxygen atoms in total. The summed E-state index contributed by atoms with van der Waals surface area (Å²) < 4.78 is 0. The predicted molar refractivity (Wildman–Crippen MR) is 277 cm³/mol. The molecule has 2 rings (SSSR count). The number of hydrogen-bond donors (Lipinski definition) is 20. The number of likely N-dealkylation sites (tertiary alicyclic amines) is 2. The molecule has 2 saturated heterocycles. The lowest BCUT2D eigenvalue weighted by Gasteiger charge is -2.30. The van der Waals surface area contributed by atoms with E-state index < -0.39 is 208 Å². The van der Waals surface area contributed by atoms with Gasteiger partial charge in [-0.3, -0.25) is 72.5 Å². The summed E-state index contributed by atoms with van der Waals surface area (Å²) in [4.78, 5) is 195. The maximum atomic E-state index is 14.0. The molecule has 2 fully saturated rings. The van der Waals surface area contributed by atoms with Crippen LogP contribution in [-0.2, 0) is 71.9 Å². The van der Waals surface area contributed by atoms with Crippen molar-refractivity contribution in [1.29, 1.82) is 5.41 Å². The van der Waals surface area contributed by atoms with E-state index >= 15 is 0 Å². The van der Waals surface area contributed by atoms with Gasteiger partial charge < -0.3 is 112 Å². The van der Waals surface area contributed by atoms with Crippen LogP contribution in [0.3, 0.4) is 0 Å². The van der Waals surface area contributed by atoms with E-state index in [1.165, 1.54) is 0 Å². The smallest absolute Gasteiger partial charge is 0.326 e. The minimum atomic E-state index is -1.91. The molecule has 0 aromatic heterocycles. The van der Waals surface area contributed by atoms with Gasteiger partial charge >= 0.3 is 5.97 Å². The van der Waals surface area contributed by atoms with Crippen molar-refractivity contribution >= 4 is 94.6 Å². The Labute approximate surface area is 467 Å². The summed E-state index contributed by atoms with van der Waals surface area (Å²) in [6, 6.07) is -14.5. The van der Waals surface area contributed by atoms with Crippen molar-refractivity contribution in [1.82, 2.24) is 63.0 Å². The first-order valence-electron chi connectivity index (χ1n) is 25.6. The molecule has 0 aliphatic carbocycles. The van der Waals surface area contributed by atoms with E-state index in [0.29, 0.717) is 6.42 Å². The molecule has 0 bridgehead atoms. The fourth-order valence-electron chi connectivity index (χ4n) is 8.32. The lowest BCUT2D eigenvalue weighted by molar-refractivity contribution is -0.145. The van der Waals surface area contributed by atoms with Gasteiger partial charge in [0.2, 0.25) is 82.7 Å². The fraction of sp³-hybridized carbons (Fsp3) is 0.644. The molecule has 14 amide bonds. The zero-order valence-corrected chi connectivity index (χ0v) is 44.7. The third kappa shape index (κ3) is 23.1. The number of carboxylic acid groups (broad SMARTS) is 1. The van der Waals surface area contributed by atoms with Crippen LogP contribution in [0.1, 0.15) is 71.1 Å². The third-order valence-corrected chi connectivity index (χ3v) is 12.4. The van der Waals surface area contributed by atoms with Gasteiger partial charge in [0.25, 0.3) is 0 Å². The number of aliphatic hydroxyl groups is 3. The molecule has 2 heterocycles. The molecule has 37 heteroatoms. The first kappa shape index (κ1) is 69.3. The van der Waals surface area contributed by atoms with Crippen LogP contribution in [0.2, 0.25) is 0 Å². The lowest BCUT2D eigenvalue weighted by atomic mass is 10.1. The molecule has 0 unspecified atom stereocenters. The van der Waals surface area contributed by atoms with Crippen LogP contribution in [0.25, 0.3) is 0 Å². The van der Waals surface area contributed by atoms with Gasteiger partial charge in [0.1, 0.15) is 54.4 Å². The molecular formula is C45H74N18O19. The van der Waals surface area contributed by atoms with Gasteiger partial charge in [-0.05, 0) is 51.9 Å². The second-order valence-electron chi connectivity index (χ2n) is 18.8. The van der Waals surface area contributed by atoms with E-state index in [2.05, 4.69) is 53.2 Å². The minimum Gasteiger partial charge on any atom is -0.480 e. The zero-order chi connectivity index (χ0) is 62.0. The van der Waals surface area contributed by atoms with Gasteiger partial charge in [0.05, 0.1) is 51.8 Å². The van der Waals surface area contributed by atoms with Crippen molar-refractivity contribution in [3.05, 3.63) is 0 Å². The molecule has 82 heavy (non-hydrogen) atoms. The summed E-state index contributed by atoms with van der Waals surface area (Å²) in [6.07, 6.45) is -3.92. The molecule has 458 valence electrons. The Hall–Kier alpha value is -8.84. The second-order valence-corrected chi connectivity index (χ2v) is 18.8. The number of amides is 14. The Morgan fingerprint density at radius 3 is 1.55 bits per heavy atom. The number of guanidine groups is 1. The summed E-state index contributed by atoms with van der Waals surface area (Å²) in [5.74, 6) is -16.6. The Bertz CT molecular complexity index is 2400. The number of carbonyl (C=O) groups excluding carboxylic acids is 14. The molecule has 2 aliphatic heterocycles. The van der Waals surface area contributed by atoms with Gasteiger partial charge in [-0.2, -0.15) is 0 Å². The SMILES string of the molecule is C[C@@H](O)[C@H](NC(=O)[C@H](CO)NC(=O)CN)C(=O)NCC(=O)N[C@@H](CC(N)=O)C(=O)N[C@@H](CCC(N)=O)C(=O)N[C@@H](CC(N)=O)C(=O)N1CCC[C@H]1C(=O)NCC(=O)N[C@@H](CO)C(=O)N1CCC[C@H]1C(=O)N[C@@H](CCCNC(=N)N)C(=O)O. The summed E-state index contributed by atoms with van der Waals surface area (Å²) in [5, 5.41) is 68.8. The number of hydrogen-bond acceptors (Lipinski definition) is 20. The van der Waals surface area contributed by atoms with Crippen molar-refractivity contribution in [3.63, 3.8) is 0 Å². The van der Waals surface area contributed by atoms with Crippen molar-refractivity contribution < 1.29 is 92.3 Å². The van der Waals surface area contributed by atoms with E-state index in [9.17, 15) is 92.3 Å². The number of rotatable bonds is 35. The minimum absolute atomic E-state index is 0.00405. The number of carbonyl (C=O) groups is 15. The highest BCUT2D eigenvalue weighted by atomic mass is 16.4. The number of carboxylic acids is 1. The second kappa shape index (κ2) is 34.3. The average Bonchev–Trinajstić information content (AvgIpc) is 4.23. The number of aliphatic hydroxyl groups excluding tert-OH is 3. The molecule has 0 aromatic carbocycles. The van der Waals surface area contributed by atoms with Crippen LogP contribution >= 0.6 is 0 Å². The van der Waals surface area contributed by atoms with E-state index in [1.54, 1.807) is 0 Å². The molecule has 10 atom stereocenters. The Morgan fingerprint density at radius 2 is 1.04 bits per heavy atom. The maximum absolute atomic E-state index is 14.0. The maximum Gasteiger partial charge on any atom is 0.326 e. The summed E-state index contributed by atoms with van der Waals surface area (Å²) in [5.41, 5.74) is 26.4. The Morgan fingerprint density at radius 1 is 0.549 bits per heavy atom. The third-order valence-electron chi connectivity index (χ3n) is 12.4. The van der Waals surface area contributed by atoms with Crippen LogP contribution in [0.5, 0.6) is 0 Å². The lowest BCUT2D eigenvalue weighted by Crippen LogP contribution is -2.60. The summed E-state index contributed by atoms with van der Waals surface area (Å²) in [7, 11) is 0. The summed E-state index contributed by atoms with van der Waals surface area (Å²) in [6.45, 7) is -3.19. The van der Waals surface area contributed by atoms with Crippen LogP contribution in [0, 0.1) is 5.41 Å². The predicted octanol–water partition coefficient (Wildman–Crippen LogP) is -12.7. The topological polar surface area (TPSA) is 618 Å². The van der Waals surface area contributed by atoms with Crippen LogP contribution in [-0.4, -0.2) is 238 Å². The number of aliphatic carboxylic acids is 1. The van der Waals surface area contributed by atoms with E-state index in [1.807, 2.05) is 0 Å². The van der Waals surface area contributed by atoms with Gasteiger partial charge in [-0.25, -0.2) is 4.79 Å². The van der Waals surface area contributed by atoms with Crippen molar-refractivity contribution in [2.45, 2.75) is 132 Å². The number of primary amides is 3. The fourth-order valence-corrected chi connectivity index (χ4v) is 8.32. The Kier molecular flexibility index (Phi) is 29.0. The van der Waals surface area contributed by atoms with E-state index in [-0.39, 0.29) is 57.7 Å². The highest BCUT2D eigenvalue weighted by Crippen LogP contribution is 2.21. The van der Waals surface area contributed by atoms with Gasteiger partial charge in [0.15, 0.2) is 5.96 Å². The van der Waals surface area contributed by atoms with Gasteiger partial charge in [-0.15, -0.1) is 0 Å². The molecular weight excluding hydrogens is 1100 g/mol. The van der Waals surface area contributed by atoms with Crippen LogP contribution in [0.15, 0.2) is 0 Å². The standard InChI is InChI=1S/C45H74N18O19/c1-20(66)35(61-38(75)25(18-64)56-32(70)15-46)41(78)54-17-33(71)55-23(13-30(48)68)37(74)58-21(8-9-29(47)67)36(73)60-24(14-31(49)69)42(79)62-11-3-6-27(62)39(76)53-16-34(72)57-26(19-65)43(80)63-12-4-7-28(63)40(77)59-22(44(81)82)5-2-10-52-45(50)51/h20-28,35,64-66H,2-19,46H2,1H3,(H2,47,67)(H2,48,68)(H2,49,69)(H,53,76)(H,54,78)(H,55,71)(H,56,70)(H,57,72)(H,58,74)(H,59,77)(H,60,73)(H,61,75)(H,81,82)(H4,50,51,52)/t20-,21+,22+,23+,24+,25+,26+,27+,28+,35+/m1/s1. The Balaban J connectivity index is 2.17. The summed E-state index contributed by atoms with van der Waals surface area (Å²) >= 11 is 0. The number of nitrogens with one attached hydrogen (secondary N) is 11. The normalized spacial score (nSPS) is 17.5. The quantitative estimate of drug-likeness (QED) is 0.0159. The number of nitrogens with two attached hydrogens (primary N) is 5. The largest absolute Gasteiger partial charge is 0.480 e. The van der Waals surface area contributed by atoms with Crippen molar-refractivity contribution in [2.75, 3.05) is 52.5 Å². The molecule has 0 aromatic rings. The van der Waals surface area contributed by atoms with Crippen LogP contribution in [0.4, 0.5) is 0 Å². The monoisotopic (exact) mass is 1170 g/mol. The first-order chi connectivity index (χ1) is 38.5. The molecule has 0 saturated carbocycles. The van der Waals surface area contributed by atoms with E-state index in [4.69, 9.17) is 34.1 Å². The van der Waals surface area contributed by atoms with E-state index in [0.717, 1.165) is 16.7 Å². The molecule has 0 spiro atoms. The number of nitrogens with zero attached hydrogens (tertiary/aromatic N) is 2. The highest BCUT2D eigenvalue weighted by molar-refractivity contribution is 6.00. The zero-order valence-electron chi connectivity index (χ0n) is 44.7. The molecule has 25 N–H and O–H groups in total. The molecule has 0 radical (unpaired) electrons. The van der Waals surface area contributed by atoms with Crippen molar-refractivity contribution in [2.24, 2.45) is 28.7 Å². The molecule has 2 aliphatic rings. The first-order valence-corrected chi connectivity index (χ1v) is 25.6. The average molecular weight is 1170 g/mol. The van der Waals surface area contributed by atoms with Crippen LogP contribution < -0.4 is 81.8 Å². The van der Waals surface area contributed by atoms with Gasteiger partial charge in [0, 0.05) is 26.1 Å².